The zero-order chi connectivity index (χ0) is 10.4. The van der Waals surface area contributed by atoms with E-state index in [0.717, 1.165) is 6.04 Å². The molecule has 0 unspecified atom stereocenters. The first-order chi connectivity index (χ1) is 6.70. The van der Waals surface area contributed by atoms with Crippen LogP contribution in [0.2, 0.25) is 0 Å². The van der Waals surface area contributed by atoms with Crippen LogP contribution in [0.15, 0.2) is 0 Å². The highest BCUT2D eigenvalue weighted by atomic mass is 15.0. The molecular weight excluding hydrogens is 170 g/mol. The van der Waals surface area contributed by atoms with Gasteiger partial charge in [0.15, 0.2) is 0 Å². The maximum absolute atomic E-state index is 3.89. The van der Waals surface area contributed by atoms with E-state index in [4.69, 9.17) is 0 Å². The maximum atomic E-state index is 3.89. The van der Waals surface area contributed by atoms with E-state index in [-0.39, 0.29) is 0 Å². The predicted molar refractivity (Wildman–Crippen MR) is 63.6 cm³/mol. The minimum Gasteiger partial charge on any atom is -0.309 e. The topological polar surface area (TPSA) is 12.0 Å². The van der Waals surface area contributed by atoms with Crippen molar-refractivity contribution in [3.63, 3.8) is 0 Å². The lowest BCUT2D eigenvalue weighted by Crippen LogP contribution is -2.47. The monoisotopic (exact) mass is 197 g/mol. The van der Waals surface area contributed by atoms with E-state index in [9.17, 15) is 0 Å². The van der Waals surface area contributed by atoms with Gasteiger partial charge in [0.1, 0.15) is 0 Å². The van der Waals surface area contributed by atoms with Crippen LogP contribution in [0.5, 0.6) is 0 Å². The average Bonchev–Trinajstić information content (AvgIpc) is 2.57. The number of rotatable bonds is 6. The van der Waals surface area contributed by atoms with Gasteiger partial charge >= 0.3 is 0 Å². The quantitative estimate of drug-likeness (QED) is 0.681. The molecule has 0 aromatic carbocycles. The second-order valence-electron chi connectivity index (χ2n) is 5.19. The van der Waals surface area contributed by atoms with Crippen molar-refractivity contribution in [2.24, 2.45) is 0 Å². The molecule has 0 aromatic rings. The Kier molecular flexibility index (Phi) is 4.94. The third kappa shape index (κ3) is 3.61. The Labute approximate surface area is 89.7 Å². The van der Waals surface area contributed by atoms with Gasteiger partial charge in [-0.3, -0.25) is 0 Å². The molecule has 0 radical (unpaired) electrons. The van der Waals surface area contributed by atoms with Gasteiger partial charge in [0, 0.05) is 11.6 Å². The highest BCUT2D eigenvalue weighted by molar-refractivity contribution is 4.87. The lowest BCUT2D eigenvalue weighted by Gasteiger charge is -2.34. The van der Waals surface area contributed by atoms with E-state index >= 15 is 0 Å². The molecule has 14 heavy (non-hydrogen) atoms. The van der Waals surface area contributed by atoms with Crippen LogP contribution in [-0.4, -0.2) is 11.6 Å². The molecule has 0 heterocycles. The Morgan fingerprint density at radius 1 is 1.07 bits per heavy atom. The molecule has 0 spiro atoms. The van der Waals surface area contributed by atoms with Gasteiger partial charge in [0.05, 0.1) is 0 Å². The summed E-state index contributed by atoms with van der Waals surface area (Å²) in [5, 5.41) is 3.89. The first-order valence-corrected chi connectivity index (χ1v) is 6.48. The first-order valence-electron chi connectivity index (χ1n) is 6.48. The van der Waals surface area contributed by atoms with Gasteiger partial charge < -0.3 is 5.32 Å². The van der Waals surface area contributed by atoms with Gasteiger partial charge in [-0.05, 0) is 32.6 Å². The molecule has 84 valence electrons. The average molecular weight is 197 g/mol. The Bertz CT molecular complexity index is 141. The zero-order valence-electron chi connectivity index (χ0n) is 10.2. The molecule has 1 N–H and O–H groups in total. The van der Waals surface area contributed by atoms with Crippen LogP contribution in [0.1, 0.15) is 72.1 Å². The molecule has 0 atom stereocenters. The van der Waals surface area contributed by atoms with Gasteiger partial charge in [0.25, 0.3) is 0 Å². The highest BCUT2D eigenvalue weighted by Crippen LogP contribution is 2.25. The lowest BCUT2D eigenvalue weighted by molar-refractivity contribution is 0.267. The summed E-state index contributed by atoms with van der Waals surface area (Å²) in [7, 11) is 0. The zero-order valence-corrected chi connectivity index (χ0v) is 10.2. The molecule has 1 nitrogen and oxygen atoms in total. The summed E-state index contributed by atoms with van der Waals surface area (Å²) in [6.07, 6.45) is 10.9. The summed E-state index contributed by atoms with van der Waals surface area (Å²) in [5.74, 6) is 0. The molecule has 1 heteroatoms. The molecule has 1 fully saturated rings. The summed E-state index contributed by atoms with van der Waals surface area (Å²) in [6, 6.07) is 0.818. The summed E-state index contributed by atoms with van der Waals surface area (Å²) in [5.41, 5.74) is 0.415. The van der Waals surface area contributed by atoms with Gasteiger partial charge in [-0.1, -0.05) is 39.5 Å². The van der Waals surface area contributed by atoms with Crippen molar-refractivity contribution in [1.29, 1.82) is 0 Å². The predicted octanol–water partition coefficient (Wildman–Crippen LogP) is 3.88. The maximum Gasteiger partial charge on any atom is 0.0155 e. The summed E-state index contributed by atoms with van der Waals surface area (Å²) >= 11 is 0. The fourth-order valence-electron chi connectivity index (χ4n) is 2.94. The lowest BCUT2D eigenvalue weighted by atomic mass is 9.89. The SMILES string of the molecule is CCCC(C)(CCC)NC1CCCC1. The minimum absolute atomic E-state index is 0.415. The van der Waals surface area contributed by atoms with Crippen molar-refractivity contribution in [1.82, 2.24) is 5.32 Å². The van der Waals surface area contributed by atoms with E-state index in [0.29, 0.717) is 5.54 Å². The third-order valence-electron chi connectivity index (χ3n) is 3.51. The van der Waals surface area contributed by atoms with Crippen LogP contribution in [0, 0.1) is 0 Å². The summed E-state index contributed by atoms with van der Waals surface area (Å²) < 4.78 is 0. The van der Waals surface area contributed by atoms with E-state index in [2.05, 4.69) is 26.1 Å². The molecular formula is C13H27N. The second kappa shape index (κ2) is 5.75. The summed E-state index contributed by atoms with van der Waals surface area (Å²) in [4.78, 5) is 0. The van der Waals surface area contributed by atoms with Crippen LogP contribution in [-0.2, 0) is 0 Å². The second-order valence-corrected chi connectivity index (χ2v) is 5.19. The molecule has 1 rings (SSSR count). The third-order valence-corrected chi connectivity index (χ3v) is 3.51. The van der Waals surface area contributed by atoms with Crippen LogP contribution in [0.4, 0.5) is 0 Å². The van der Waals surface area contributed by atoms with E-state index < -0.39 is 0 Å². The van der Waals surface area contributed by atoms with Crippen molar-refractivity contribution in [2.75, 3.05) is 0 Å². The van der Waals surface area contributed by atoms with E-state index in [1.165, 1.54) is 51.4 Å². The van der Waals surface area contributed by atoms with Crippen LogP contribution in [0.25, 0.3) is 0 Å². The van der Waals surface area contributed by atoms with Crippen LogP contribution in [0.3, 0.4) is 0 Å². The first kappa shape index (κ1) is 12.0. The highest BCUT2D eigenvalue weighted by Gasteiger charge is 2.26. The van der Waals surface area contributed by atoms with Gasteiger partial charge in [-0.15, -0.1) is 0 Å². The molecule has 0 amide bonds. The normalized spacial score (nSPS) is 19.1. The standard InChI is InChI=1S/C13H27N/c1-4-10-13(3,11-5-2)14-12-8-6-7-9-12/h12,14H,4-11H2,1-3H3. The van der Waals surface area contributed by atoms with Crippen LogP contribution >= 0.6 is 0 Å². The molecule has 0 saturated heterocycles. The van der Waals surface area contributed by atoms with Crippen molar-refractivity contribution < 1.29 is 0 Å². The Hall–Kier alpha value is -0.0400. The van der Waals surface area contributed by atoms with Crippen molar-refractivity contribution in [2.45, 2.75) is 83.7 Å². The molecule has 1 aliphatic carbocycles. The number of hydrogen-bond donors (Lipinski definition) is 1. The summed E-state index contributed by atoms with van der Waals surface area (Å²) in [6.45, 7) is 7.01. The molecule has 0 aromatic heterocycles. The largest absolute Gasteiger partial charge is 0.309 e. The number of nitrogens with one attached hydrogen (secondary N) is 1. The van der Waals surface area contributed by atoms with Crippen molar-refractivity contribution in [3.05, 3.63) is 0 Å². The van der Waals surface area contributed by atoms with E-state index in [1.54, 1.807) is 0 Å². The van der Waals surface area contributed by atoms with E-state index in [1.807, 2.05) is 0 Å². The number of hydrogen-bond acceptors (Lipinski definition) is 1. The Morgan fingerprint density at radius 2 is 1.57 bits per heavy atom. The molecule has 1 saturated carbocycles. The van der Waals surface area contributed by atoms with Gasteiger partial charge in [-0.25, -0.2) is 0 Å². The Morgan fingerprint density at radius 3 is 2.00 bits per heavy atom. The molecule has 1 aliphatic rings. The Balaban J connectivity index is 2.39. The fraction of sp³-hybridized carbons (Fsp3) is 1.00. The molecule has 0 bridgehead atoms. The smallest absolute Gasteiger partial charge is 0.0155 e. The molecule has 0 aliphatic heterocycles. The van der Waals surface area contributed by atoms with Crippen LogP contribution < -0.4 is 5.32 Å². The fourth-order valence-corrected chi connectivity index (χ4v) is 2.94. The van der Waals surface area contributed by atoms with Crippen molar-refractivity contribution in [3.8, 4) is 0 Å². The van der Waals surface area contributed by atoms with Crippen molar-refractivity contribution >= 4 is 0 Å². The van der Waals surface area contributed by atoms with Gasteiger partial charge in [-0.2, -0.15) is 0 Å². The van der Waals surface area contributed by atoms with Gasteiger partial charge in [0.2, 0.25) is 0 Å². The minimum atomic E-state index is 0.415.